The fraction of sp³-hybridized carbons (Fsp3) is 1.00. The van der Waals surface area contributed by atoms with Crippen molar-refractivity contribution in [3.05, 3.63) is 0 Å². The Kier molecular flexibility index (Phi) is 10.1. The van der Waals surface area contributed by atoms with Crippen LogP contribution >= 0.6 is 8.60 Å². The summed E-state index contributed by atoms with van der Waals surface area (Å²) in [6.45, 7) is 7.33. The molecule has 0 fully saturated rings. The summed E-state index contributed by atoms with van der Waals surface area (Å²) in [7, 11) is -1.63. The molecule has 14 heavy (non-hydrogen) atoms. The molecule has 0 rings (SSSR count). The molecule has 0 aliphatic rings. The van der Waals surface area contributed by atoms with E-state index < -0.39 is 8.60 Å². The largest absolute Gasteiger partial charge is 0.329 e. The minimum atomic E-state index is -1.63. The third kappa shape index (κ3) is 7.69. The number of hydrogen-bond acceptors (Lipinski definition) is 3. The van der Waals surface area contributed by atoms with Crippen LogP contribution in [0.5, 0.6) is 0 Å². The normalized spacial score (nSPS) is 15.4. The third-order valence-electron chi connectivity index (χ3n) is 2.20. The van der Waals surface area contributed by atoms with Crippen LogP contribution in [0.1, 0.15) is 46.5 Å². The van der Waals surface area contributed by atoms with Crippen molar-refractivity contribution in [3.63, 3.8) is 0 Å². The lowest BCUT2D eigenvalue weighted by atomic mass is 10.0. The van der Waals surface area contributed by atoms with Crippen LogP contribution in [-0.4, -0.2) is 18.1 Å². The van der Waals surface area contributed by atoms with Crippen LogP contribution in [0.3, 0.4) is 0 Å². The van der Waals surface area contributed by atoms with Crippen LogP contribution in [0, 0.1) is 5.92 Å². The maximum Gasteiger partial charge on any atom is 0.329 e. The van der Waals surface area contributed by atoms with Crippen LogP contribution in [-0.2, 0) is 9.05 Å². The Bertz CT molecular complexity index is 122. The first-order chi connectivity index (χ1) is 6.74. The van der Waals surface area contributed by atoms with Gasteiger partial charge >= 0.3 is 8.60 Å². The maximum atomic E-state index is 9.24. The summed E-state index contributed by atoms with van der Waals surface area (Å²) in [5.74, 6) is 0.563. The molecule has 0 saturated heterocycles. The number of unbranched alkanes of at least 4 members (excludes halogenated alkanes) is 1. The van der Waals surface area contributed by atoms with Gasteiger partial charge in [-0.2, -0.15) is 0 Å². The van der Waals surface area contributed by atoms with Crippen LogP contribution in [0.25, 0.3) is 0 Å². The Hall–Kier alpha value is 0.310. The summed E-state index contributed by atoms with van der Waals surface area (Å²) < 4.78 is 10.2. The molecule has 0 bridgehead atoms. The molecule has 0 aromatic carbocycles. The second-order valence-corrected chi connectivity index (χ2v) is 4.36. The smallest absolute Gasteiger partial charge is 0.328 e. The predicted molar refractivity (Wildman–Crippen MR) is 60.0 cm³/mol. The molecule has 0 aliphatic heterocycles. The van der Waals surface area contributed by atoms with Gasteiger partial charge < -0.3 is 13.9 Å². The lowest BCUT2D eigenvalue weighted by Crippen LogP contribution is -2.07. The summed E-state index contributed by atoms with van der Waals surface area (Å²) in [6, 6.07) is 0. The van der Waals surface area contributed by atoms with Gasteiger partial charge in [-0.25, -0.2) is 0 Å². The van der Waals surface area contributed by atoms with E-state index in [4.69, 9.17) is 9.05 Å². The van der Waals surface area contributed by atoms with Crippen molar-refractivity contribution < 1.29 is 13.9 Å². The van der Waals surface area contributed by atoms with E-state index >= 15 is 0 Å². The fourth-order valence-electron chi connectivity index (χ4n) is 1.21. The molecule has 2 atom stereocenters. The van der Waals surface area contributed by atoms with Crippen molar-refractivity contribution in [2.45, 2.75) is 46.5 Å². The Morgan fingerprint density at radius 3 is 2.43 bits per heavy atom. The molecule has 3 nitrogen and oxygen atoms in total. The maximum absolute atomic E-state index is 9.24. The molecule has 0 amide bonds. The molecule has 0 saturated carbocycles. The van der Waals surface area contributed by atoms with Gasteiger partial charge in [0.1, 0.15) is 0 Å². The van der Waals surface area contributed by atoms with Crippen LogP contribution < -0.4 is 0 Å². The van der Waals surface area contributed by atoms with E-state index in [2.05, 4.69) is 13.8 Å². The number of hydrogen-bond donors (Lipinski definition) is 1. The van der Waals surface area contributed by atoms with E-state index in [1.807, 2.05) is 6.92 Å². The Labute approximate surface area is 88.8 Å². The van der Waals surface area contributed by atoms with Gasteiger partial charge in [-0.05, 0) is 19.3 Å². The average Bonchev–Trinajstić information content (AvgIpc) is 2.19. The molecule has 0 radical (unpaired) electrons. The first-order valence-electron chi connectivity index (χ1n) is 5.49. The van der Waals surface area contributed by atoms with Crippen molar-refractivity contribution in [1.82, 2.24) is 0 Å². The Morgan fingerprint density at radius 1 is 1.21 bits per heavy atom. The second kappa shape index (κ2) is 9.85. The highest BCUT2D eigenvalue weighted by molar-refractivity contribution is 7.40. The summed E-state index contributed by atoms with van der Waals surface area (Å²) in [5.41, 5.74) is 0. The van der Waals surface area contributed by atoms with Gasteiger partial charge in [0, 0.05) is 0 Å². The van der Waals surface area contributed by atoms with Crippen molar-refractivity contribution in [2.24, 2.45) is 5.92 Å². The zero-order valence-electron chi connectivity index (χ0n) is 9.53. The lowest BCUT2D eigenvalue weighted by Gasteiger charge is -2.16. The molecule has 0 aromatic rings. The van der Waals surface area contributed by atoms with E-state index in [-0.39, 0.29) is 0 Å². The van der Waals surface area contributed by atoms with E-state index in [1.165, 1.54) is 19.3 Å². The predicted octanol–water partition coefficient (Wildman–Crippen LogP) is 3.48. The van der Waals surface area contributed by atoms with E-state index in [9.17, 15) is 4.89 Å². The van der Waals surface area contributed by atoms with Crippen LogP contribution in [0.2, 0.25) is 0 Å². The van der Waals surface area contributed by atoms with Gasteiger partial charge in [0.05, 0.1) is 13.2 Å². The highest BCUT2D eigenvalue weighted by atomic mass is 31.2. The Balaban J connectivity index is 3.50. The standard InChI is InChI=1S/C10H23O3P/c1-4-7-8-10(5-2)9-13-14(11)12-6-3/h10-11H,4-9H2,1-3H3. The zero-order chi connectivity index (χ0) is 10.8. The molecule has 86 valence electrons. The zero-order valence-corrected chi connectivity index (χ0v) is 10.4. The molecule has 0 heterocycles. The Morgan fingerprint density at radius 2 is 1.93 bits per heavy atom. The molecule has 0 spiro atoms. The van der Waals surface area contributed by atoms with Crippen molar-refractivity contribution in [3.8, 4) is 0 Å². The minimum absolute atomic E-state index is 0.508. The van der Waals surface area contributed by atoms with Gasteiger partial charge in [0.25, 0.3) is 0 Å². The molecule has 1 N–H and O–H groups in total. The van der Waals surface area contributed by atoms with Gasteiger partial charge in [-0.1, -0.05) is 33.1 Å². The summed E-state index contributed by atoms with van der Waals surface area (Å²) in [4.78, 5) is 9.24. The summed E-state index contributed by atoms with van der Waals surface area (Å²) >= 11 is 0. The van der Waals surface area contributed by atoms with Crippen LogP contribution in [0.15, 0.2) is 0 Å². The third-order valence-corrected chi connectivity index (χ3v) is 3.05. The minimum Gasteiger partial charge on any atom is -0.328 e. The van der Waals surface area contributed by atoms with Gasteiger partial charge in [0.2, 0.25) is 0 Å². The average molecular weight is 222 g/mol. The van der Waals surface area contributed by atoms with E-state index in [1.54, 1.807) is 0 Å². The highest BCUT2D eigenvalue weighted by Crippen LogP contribution is 2.33. The van der Waals surface area contributed by atoms with E-state index in [0.29, 0.717) is 19.1 Å². The van der Waals surface area contributed by atoms with Crippen LogP contribution in [0.4, 0.5) is 0 Å². The quantitative estimate of drug-likeness (QED) is 0.607. The SMILES string of the molecule is CCCCC(CC)COP(O)OCC. The van der Waals surface area contributed by atoms with E-state index in [0.717, 1.165) is 6.42 Å². The molecular weight excluding hydrogens is 199 g/mol. The summed E-state index contributed by atoms with van der Waals surface area (Å²) in [6.07, 6.45) is 4.74. The number of rotatable bonds is 9. The lowest BCUT2D eigenvalue weighted by molar-refractivity contribution is 0.173. The monoisotopic (exact) mass is 222 g/mol. The van der Waals surface area contributed by atoms with Crippen molar-refractivity contribution in [1.29, 1.82) is 0 Å². The first-order valence-corrected chi connectivity index (χ1v) is 6.62. The van der Waals surface area contributed by atoms with Crippen molar-refractivity contribution >= 4 is 8.60 Å². The van der Waals surface area contributed by atoms with Gasteiger partial charge in [0.15, 0.2) is 0 Å². The molecule has 0 aromatic heterocycles. The molecule has 0 aliphatic carbocycles. The molecule has 2 unspecified atom stereocenters. The first kappa shape index (κ1) is 14.3. The highest BCUT2D eigenvalue weighted by Gasteiger charge is 2.11. The topological polar surface area (TPSA) is 38.7 Å². The molecule has 4 heteroatoms. The summed E-state index contributed by atoms with van der Waals surface area (Å²) in [5, 5.41) is 0. The second-order valence-electron chi connectivity index (χ2n) is 3.37. The fourth-order valence-corrected chi connectivity index (χ4v) is 1.85. The molecular formula is C10H23O3P. The van der Waals surface area contributed by atoms with Gasteiger partial charge in [-0.15, -0.1) is 0 Å². The van der Waals surface area contributed by atoms with Gasteiger partial charge in [-0.3, -0.25) is 0 Å². The van der Waals surface area contributed by atoms with Crippen molar-refractivity contribution in [2.75, 3.05) is 13.2 Å².